The van der Waals surface area contributed by atoms with E-state index < -0.39 is 0 Å². The summed E-state index contributed by atoms with van der Waals surface area (Å²) in [5.41, 5.74) is 2.04. The Hall–Kier alpha value is -1.06. The van der Waals surface area contributed by atoms with Gasteiger partial charge in [-0.25, -0.2) is 0 Å². The number of para-hydroxylation sites is 1. The summed E-state index contributed by atoms with van der Waals surface area (Å²) in [6.07, 6.45) is 3.92. The zero-order valence-electron chi connectivity index (χ0n) is 10.5. The zero-order chi connectivity index (χ0) is 12.1. The van der Waals surface area contributed by atoms with Crippen LogP contribution >= 0.6 is 0 Å². The van der Waals surface area contributed by atoms with Crippen LogP contribution in [0.2, 0.25) is 0 Å². The second kappa shape index (κ2) is 6.03. The fourth-order valence-electron chi connectivity index (χ4n) is 2.46. The van der Waals surface area contributed by atoms with Crippen molar-refractivity contribution in [2.75, 3.05) is 25.5 Å². The van der Waals surface area contributed by atoms with Crippen molar-refractivity contribution < 1.29 is 5.11 Å². The molecule has 17 heavy (non-hydrogen) atoms. The number of hydrogen-bond acceptors (Lipinski definition) is 3. The quantitative estimate of drug-likeness (QED) is 0.837. The number of nitrogens with one attached hydrogen (secondary N) is 1. The first-order valence-corrected chi connectivity index (χ1v) is 6.44. The van der Waals surface area contributed by atoms with E-state index in [-0.39, 0.29) is 6.61 Å². The van der Waals surface area contributed by atoms with Gasteiger partial charge in [0.25, 0.3) is 0 Å². The zero-order valence-corrected chi connectivity index (χ0v) is 10.5. The highest BCUT2D eigenvalue weighted by Crippen LogP contribution is 2.18. The maximum Gasteiger partial charge on any atom is 0.0701 e. The van der Waals surface area contributed by atoms with E-state index in [1.54, 1.807) is 0 Å². The average molecular weight is 234 g/mol. The van der Waals surface area contributed by atoms with Crippen LogP contribution in [0.4, 0.5) is 5.69 Å². The van der Waals surface area contributed by atoms with Gasteiger partial charge in [-0.05, 0) is 32.5 Å². The van der Waals surface area contributed by atoms with Gasteiger partial charge < -0.3 is 15.3 Å². The molecule has 1 aromatic carbocycles. The first kappa shape index (κ1) is 12.4. The Balaban J connectivity index is 1.92. The second-order valence-corrected chi connectivity index (χ2v) is 4.83. The molecule has 0 aliphatic carbocycles. The van der Waals surface area contributed by atoms with Gasteiger partial charge in [-0.15, -0.1) is 0 Å². The molecule has 3 nitrogen and oxygen atoms in total. The lowest BCUT2D eigenvalue weighted by Crippen LogP contribution is -2.40. The number of aliphatic hydroxyl groups excluding tert-OH is 1. The molecule has 2 rings (SSSR count). The molecule has 1 aromatic rings. The Morgan fingerprint density at radius 3 is 2.94 bits per heavy atom. The predicted octanol–water partition coefficient (Wildman–Crippen LogP) is 2.08. The van der Waals surface area contributed by atoms with Gasteiger partial charge in [-0.2, -0.15) is 0 Å². The molecule has 1 saturated heterocycles. The Kier molecular flexibility index (Phi) is 4.40. The number of anilines is 1. The lowest BCUT2D eigenvalue weighted by atomic mass is 10.0. The minimum Gasteiger partial charge on any atom is -0.392 e. The third-order valence-corrected chi connectivity index (χ3v) is 3.64. The number of hydrogen-bond donors (Lipinski definition) is 2. The van der Waals surface area contributed by atoms with Gasteiger partial charge in [0.05, 0.1) is 6.61 Å². The molecule has 0 radical (unpaired) electrons. The first-order valence-electron chi connectivity index (χ1n) is 6.44. The van der Waals surface area contributed by atoms with Crippen LogP contribution in [-0.2, 0) is 6.61 Å². The minimum absolute atomic E-state index is 0.101. The molecule has 0 spiro atoms. The highest BCUT2D eigenvalue weighted by Gasteiger charge is 2.18. The summed E-state index contributed by atoms with van der Waals surface area (Å²) in [5, 5.41) is 12.7. The molecule has 3 heteroatoms. The van der Waals surface area contributed by atoms with Crippen molar-refractivity contribution in [3.63, 3.8) is 0 Å². The molecule has 0 saturated carbocycles. The normalized spacial score (nSPS) is 21.4. The second-order valence-electron chi connectivity index (χ2n) is 4.83. The Bertz CT molecular complexity index is 354. The van der Waals surface area contributed by atoms with E-state index in [4.69, 9.17) is 0 Å². The number of piperidine rings is 1. The fraction of sp³-hybridized carbons (Fsp3) is 0.571. The molecule has 94 valence electrons. The van der Waals surface area contributed by atoms with Crippen molar-refractivity contribution in [3.05, 3.63) is 29.8 Å². The number of nitrogens with zero attached hydrogens (tertiary/aromatic N) is 1. The summed E-state index contributed by atoms with van der Waals surface area (Å²) in [6.45, 7) is 2.27. The van der Waals surface area contributed by atoms with Crippen molar-refractivity contribution in [2.24, 2.45) is 0 Å². The Morgan fingerprint density at radius 1 is 1.35 bits per heavy atom. The van der Waals surface area contributed by atoms with E-state index in [2.05, 4.69) is 17.3 Å². The number of likely N-dealkylation sites (tertiary alicyclic amines) is 1. The molecule has 1 aliphatic heterocycles. The molecule has 1 aliphatic rings. The van der Waals surface area contributed by atoms with Gasteiger partial charge >= 0.3 is 0 Å². The van der Waals surface area contributed by atoms with E-state index >= 15 is 0 Å². The van der Waals surface area contributed by atoms with Crippen molar-refractivity contribution in [1.82, 2.24) is 4.90 Å². The average Bonchev–Trinajstić information content (AvgIpc) is 2.38. The van der Waals surface area contributed by atoms with Gasteiger partial charge in [0.15, 0.2) is 0 Å². The van der Waals surface area contributed by atoms with Crippen LogP contribution in [0.5, 0.6) is 0 Å². The summed E-state index contributed by atoms with van der Waals surface area (Å²) in [4.78, 5) is 2.43. The molecule has 1 atom stereocenters. The first-order chi connectivity index (χ1) is 8.31. The number of likely N-dealkylation sites (N-methyl/N-ethyl adjacent to an activating group) is 1. The predicted molar refractivity (Wildman–Crippen MR) is 71.1 cm³/mol. The number of rotatable bonds is 4. The van der Waals surface area contributed by atoms with Crippen LogP contribution in [0.25, 0.3) is 0 Å². The maximum atomic E-state index is 9.26. The summed E-state index contributed by atoms with van der Waals surface area (Å²) >= 11 is 0. The highest BCUT2D eigenvalue weighted by atomic mass is 16.3. The van der Waals surface area contributed by atoms with Crippen molar-refractivity contribution in [2.45, 2.75) is 31.9 Å². The number of aliphatic hydroxyl groups is 1. The largest absolute Gasteiger partial charge is 0.392 e. The summed E-state index contributed by atoms with van der Waals surface area (Å²) in [6, 6.07) is 8.59. The van der Waals surface area contributed by atoms with Crippen molar-refractivity contribution in [3.8, 4) is 0 Å². The Morgan fingerprint density at radius 2 is 2.18 bits per heavy atom. The summed E-state index contributed by atoms with van der Waals surface area (Å²) < 4.78 is 0. The van der Waals surface area contributed by atoms with E-state index in [0.717, 1.165) is 17.8 Å². The van der Waals surface area contributed by atoms with Gasteiger partial charge in [0.2, 0.25) is 0 Å². The molecule has 0 amide bonds. The molecular formula is C14H22N2O. The topological polar surface area (TPSA) is 35.5 Å². The Labute approximate surface area is 103 Å². The lowest BCUT2D eigenvalue weighted by molar-refractivity contribution is 0.194. The van der Waals surface area contributed by atoms with Crippen LogP contribution in [-0.4, -0.2) is 36.2 Å². The van der Waals surface area contributed by atoms with Crippen LogP contribution in [0.1, 0.15) is 24.8 Å². The smallest absolute Gasteiger partial charge is 0.0701 e. The molecule has 0 aromatic heterocycles. The van der Waals surface area contributed by atoms with Gasteiger partial charge in [0.1, 0.15) is 0 Å². The van der Waals surface area contributed by atoms with Gasteiger partial charge in [-0.3, -0.25) is 0 Å². The third-order valence-electron chi connectivity index (χ3n) is 3.64. The molecule has 1 heterocycles. The van der Waals surface area contributed by atoms with E-state index in [9.17, 15) is 5.11 Å². The van der Waals surface area contributed by atoms with E-state index in [1.165, 1.54) is 25.8 Å². The van der Waals surface area contributed by atoms with Crippen molar-refractivity contribution in [1.29, 1.82) is 0 Å². The maximum absolute atomic E-state index is 9.26. The monoisotopic (exact) mass is 234 g/mol. The van der Waals surface area contributed by atoms with Crippen LogP contribution in [0, 0.1) is 0 Å². The molecule has 1 fully saturated rings. The van der Waals surface area contributed by atoms with Gasteiger partial charge in [-0.1, -0.05) is 24.6 Å². The fourth-order valence-corrected chi connectivity index (χ4v) is 2.46. The molecule has 1 unspecified atom stereocenters. The van der Waals surface area contributed by atoms with E-state index in [0.29, 0.717) is 6.04 Å². The van der Waals surface area contributed by atoms with Crippen LogP contribution in [0.15, 0.2) is 24.3 Å². The highest BCUT2D eigenvalue weighted by molar-refractivity contribution is 5.50. The standard InChI is InChI=1S/C14H22N2O/c1-16-9-5-4-7-13(16)10-15-14-8-3-2-6-12(14)11-17/h2-3,6,8,13,15,17H,4-5,7,9-11H2,1H3. The van der Waals surface area contributed by atoms with Gasteiger partial charge in [0, 0.05) is 23.8 Å². The summed E-state index contributed by atoms with van der Waals surface area (Å²) in [7, 11) is 2.20. The summed E-state index contributed by atoms with van der Waals surface area (Å²) in [5.74, 6) is 0. The number of benzene rings is 1. The lowest BCUT2D eigenvalue weighted by Gasteiger charge is -2.33. The molecule has 2 N–H and O–H groups in total. The molecule has 0 bridgehead atoms. The third kappa shape index (κ3) is 3.20. The van der Waals surface area contributed by atoms with Crippen molar-refractivity contribution >= 4 is 5.69 Å². The minimum atomic E-state index is 0.101. The SMILES string of the molecule is CN1CCCCC1CNc1ccccc1CO. The van der Waals surface area contributed by atoms with E-state index in [1.807, 2.05) is 24.3 Å². The van der Waals surface area contributed by atoms with Crippen LogP contribution in [0.3, 0.4) is 0 Å². The molecular weight excluding hydrogens is 212 g/mol. The van der Waals surface area contributed by atoms with Crippen LogP contribution < -0.4 is 5.32 Å².